The lowest BCUT2D eigenvalue weighted by atomic mass is 10.2. The summed E-state index contributed by atoms with van der Waals surface area (Å²) < 4.78 is 12.6. The van der Waals surface area contributed by atoms with Crippen LogP contribution in [0.25, 0.3) is 0 Å². The first-order valence-electron chi connectivity index (χ1n) is 6.51. The van der Waals surface area contributed by atoms with Gasteiger partial charge in [-0.05, 0) is 29.8 Å². The average Bonchev–Trinajstić information content (AvgIpc) is 3.18. The van der Waals surface area contributed by atoms with Crippen molar-refractivity contribution in [1.82, 2.24) is 14.8 Å². The largest absolute Gasteiger partial charge is 0.497 e. The molecule has 0 unspecified atom stereocenters. The van der Waals surface area contributed by atoms with Crippen LogP contribution in [0.3, 0.4) is 0 Å². The second kappa shape index (κ2) is 6.49. The van der Waals surface area contributed by atoms with E-state index in [1.54, 1.807) is 31.5 Å². The quantitative estimate of drug-likeness (QED) is 0.654. The zero-order chi connectivity index (χ0) is 14.5. The van der Waals surface area contributed by atoms with Crippen molar-refractivity contribution in [3.8, 4) is 5.75 Å². The first-order valence-corrected chi connectivity index (χ1v) is 7.49. The predicted octanol–water partition coefficient (Wildman–Crippen LogP) is 3.22. The average molecular weight is 301 g/mol. The van der Waals surface area contributed by atoms with Crippen molar-refractivity contribution in [1.29, 1.82) is 0 Å². The molecule has 0 aliphatic carbocycles. The minimum atomic E-state index is 0.639. The molecule has 0 saturated heterocycles. The van der Waals surface area contributed by atoms with Gasteiger partial charge in [-0.25, -0.2) is 0 Å². The number of thioether (sulfide) groups is 1. The van der Waals surface area contributed by atoms with Gasteiger partial charge < -0.3 is 13.7 Å². The standard InChI is InChI=1S/C15H15N3O2S/c1-19-13-5-2-4-12(8-13)10-21-15-17-16-11-18(15)9-14-6-3-7-20-14/h2-8,11H,9-10H2,1H3. The number of nitrogens with zero attached hydrogens (tertiary/aromatic N) is 3. The van der Waals surface area contributed by atoms with E-state index in [4.69, 9.17) is 9.15 Å². The van der Waals surface area contributed by atoms with Gasteiger partial charge in [0.15, 0.2) is 5.16 Å². The van der Waals surface area contributed by atoms with Crippen molar-refractivity contribution < 1.29 is 9.15 Å². The van der Waals surface area contributed by atoms with E-state index < -0.39 is 0 Å². The summed E-state index contributed by atoms with van der Waals surface area (Å²) in [6, 6.07) is 11.8. The van der Waals surface area contributed by atoms with Crippen LogP contribution in [0.4, 0.5) is 0 Å². The molecule has 2 heterocycles. The van der Waals surface area contributed by atoms with Crippen LogP contribution in [0.1, 0.15) is 11.3 Å². The van der Waals surface area contributed by atoms with Gasteiger partial charge in [-0.15, -0.1) is 10.2 Å². The summed E-state index contributed by atoms with van der Waals surface area (Å²) in [6.45, 7) is 0.639. The van der Waals surface area contributed by atoms with Crippen LogP contribution in [-0.2, 0) is 12.3 Å². The minimum absolute atomic E-state index is 0.639. The van der Waals surface area contributed by atoms with E-state index in [-0.39, 0.29) is 0 Å². The molecule has 0 amide bonds. The molecule has 0 aliphatic heterocycles. The summed E-state index contributed by atoms with van der Waals surface area (Å²) in [5.41, 5.74) is 1.19. The van der Waals surface area contributed by atoms with Crippen LogP contribution in [-0.4, -0.2) is 21.9 Å². The molecule has 1 aromatic carbocycles. The van der Waals surface area contributed by atoms with E-state index in [9.17, 15) is 0 Å². The van der Waals surface area contributed by atoms with Gasteiger partial charge in [0, 0.05) is 5.75 Å². The third kappa shape index (κ3) is 3.46. The first-order chi connectivity index (χ1) is 10.3. The Morgan fingerprint density at radius 1 is 1.29 bits per heavy atom. The highest BCUT2D eigenvalue weighted by Crippen LogP contribution is 2.23. The molecule has 0 spiro atoms. The lowest BCUT2D eigenvalue weighted by Gasteiger charge is -2.06. The van der Waals surface area contributed by atoms with Crippen molar-refractivity contribution in [2.45, 2.75) is 17.5 Å². The Balaban J connectivity index is 1.66. The summed E-state index contributed by atoms with van der Waals surface area (Å²) in [7, 11) is 1.67. The van der Waals surface area contributed by atoms with Crippen molar-refractivity contribution in [3.05, 3.63) is 60.3 Å². The highest BCUT2D eigenvalue weighted by molar-refractivity contribution is 7.98. The van der Waals surface area contributed by atoms with Gasteiger partial charge in [0.2, 0.25) is 0 Å². The zero-order valence-corrected chi connectivity index (χ0v) is 12.4. The molecule has 2 aromatic heterocycles. The number of furan rings is 1. The molecule has 0 fully saturated rings. The Kier molecular flexibility index (Phi) is 4.25. The number of ether oxygens (including phenoxy) is 1. The number of hydrogen-bond acceptors (Lipinski definition) is 5. The van der Waals surface area contributed by atoms with Crippen molar-refractivity contribution in [2.75, 3.05) is 7.11 Å². The van der Waals surface area contributed by atoms with E-state index in [1.165, 1.54) is 5.56 Å². The Morgan fingerprint density at radius 3 is 3.05 bits per heavy atom. The highest BCUT2D eigenvalue weighted by atomic mass is 32.2. The van der Waals surface area contributed by atoms with Gasteiger partial charge in [0.25, 0.3) is 0 Å². The molecule has 0 radical (unpaired) electrons. The van der Waals surface area contributed by atoms with Crippen LogP contribution in [0.15, 0.2) is 58.6 Å². The molecule has 21 heavy (non-hydrogen) atoms. The van der Waals surface area contributed by atoms with Crippen LogP contribution < -0.4 is 4.74 Å². The molecule has 6 heteroatoms. The SMILES string of the molecule is COc1cccc(CSc2nncn2Cc2ccco2)c1. The number of methoxy groups -OCH3 is 1. The fraction of sp³-hybridized carbons (Fsp3) is 0.200. The normalized spacial score (nSPS) is 10.7. The molecule has 0 atom stereocenters. The Labute approximate surface area is 126 Å². The van der Waals surface area contributed by atoms with Crippen molar-refractivity contribution in [3.63, 3.8) is 0 Å². The summed E-state index contributed by atoms with van der Waals surface area (Å²) in [4.78, 5) is 0. The summed E-state index contributed by atoms with van der Waals surface area (Å²) >= 11 is 1.64. The van der Waals surface area contributed by atoms with E-state index in [1.807, 2.05) is 34.9 Å². The van der Waals surface area contributed by atoms with Crippen LogP contribution >= 0.6 is 11.8 Å². The third-order valence-electron chi connectivity index (χ3n) is 2.99. The van der Waals surface area contributed by atoms with E-state index in [0.29, 0.717) is 6.54 Å². The van der Waals surface area contributed by atoms with Crippen molar-refractivity contribution in [2.24, 2.45) is 0 Å². The molecule has 0 aliphatic rings. The Bertz CT molecular complexity index is 695. The highest BCUT2D eigenvalue weighted by Gasteiger charge is 2.07. The first kappa shape index (κ1) is 13.8. The van der Waals surface area contributed by atoms with E-state index >= 15 is 0 Å². The second-order valence-corrected chi connectivity index (χ2v) is 5.40. The smallest absolute Gasteiger partial charge is 0.191 e. The Morgan fingerprint density at radius 2 is 2.24 bits per heavy atom. The second-order valence-electron chi connectivity index (χ2n) is 4.46. The van der Waals surface area contributed by atoms with Crippen LogP contribution in [0.5, 0.6) is 5.75 Å². The number of benzene rings is 1. The molecule has 108 valence electrons. The molecule has 0 N–H and O–H groups in total. The summed E-state index contributed by atoms with van der Waals surface area (Å²) in [5.74, 6) is 2.57. The van der Waals surface area contributed by atoms with E-state index in [0.717, 1.165) is 22.4 Å². The van der Waals surface area contributed by atoms with Crippen LogP contribution in [0.2, 0.25) is 0 Å². The lowest BCUT2D eigenvalue weighted by molar-refractivity contribution is 0.414. The van der Waals surface area contributed by atoms with Gasteiger partial charge in [-0.2, -0.15) is 0 Å². The van der Waals surface area contributed by atoms with E-state index in [2.05, 4.69) is 16.3 Å². The van der Waals surface area contributed by atoms with Gasteiger partial charge in [-0.3, -0.25) is 0 Å². The van der Waals surface area contributed by atoms with Crippen molar-refractivity contribution >= 4 is 11.8 Å². The summed E-state index contributed by atoms with van der Waals surface area (Å²) in [6.07, 6.45) is 3.39. The van der Waals surface area contributed by atoms with Gasteiger partial charge in [-0.1, -0.05) is 23.9 Å². The Hall–Kier alpha value is -2.21. The molecular weight excluding hydrogens is 286 g/mol. The third-order valence-corrected chi connectivity index (χ3v) is 4.04. The molecular formula is C15H15N3O2S. The van der Waals surface area contributed by atoms with Gasteiger partial charge >= 0.3 is 0 Å². The maximum Gasteiger partial charge on any atom is 0.191 e. The molecule has 5 nitrogen and oxygen atoms in total. The molecule has 3 aromatic rings. The van der Waals surface area contributed by atoms with Crippen LogP contribution in [0, 0.1) is 0 Å². The maximum atomic E-state index is 5.35. The summed E-state index contributed by atoms with van der Waals surface area (Å²) in [5, 5.41) is 9.00. The molecule has 3 rings (SSSR count). The number of aromatic nitrogens is 3. The lowest BCUT2D eigenvalue weighted by Crippen LogP contribution is -1.99. The molecule has 0 bridgehead atoms. The molecule has 0 saturated carbocycles. The number of rotatable bonds is 6. The fourth-order valence-corrected chi connectivity index (χ4v) is 2.80. The fourth-order valence-electron chi connectivity index (χ4n) is 1.95. The van der Waals surface area contributed by atoms with Gasteiger partial charge in [0.1, 0.15) is 17.8 Å². The monoisotopic (exact) mass is 301 g/mol. The predicted molar refractivity (Wildman–Crippen MR) is 80.4 cm³/mol. The topological polar surface area (TPSA) is 53.1 Å². The maximum absolute atomic E-state index is 5.35. The zero-order valence-electron chi connectivity index (χ0n) is 11.6. The minimum Gasteiger partial charge on any atom is -0.497 e. The van der Waals surface area contributed by atoms with Gasteiger partial charge in [0.05, 0.1) is 19.9 Å². The number of hydrogen-bond donors (Lipinski definition) is 0.